The molecule has 3 atom stereocenters. The normalized spacial score (nSPS) is 23.1. The fourth-order valence-electron chi connectivity index (χ4n) is 5.96. The molecule has 5 rings (SSSR count). The van der Waals surface area contributed by atoms with Crippen LogP contribution >= 0.6 is 11.6 Å². The van der Waals surface area contributed by atoms with Crippen molar-refractivity contribution in [3.8, 4) is 12.3 Å². The molecule has 0 unspecified atom stereocenters. The van der Waals surface area contributed by atoms with Crippen molar-refractivity contribution in [2.75, 3.05) is 16.3 Å². The van der Waals surface area contributed by atoms with Crippen LogP contribution in [-0.4, -0.2) is 21.6 Å². The number of sulfonamides is 1. The van der Waals surface area contributed by atoms with Gasteiger partial charge < -0.3 is 4.90 Å². The molecule has 0 aliphatic carbocycles. The molecule has 174 valence electrons. The molecule has 2 aliphatic rings. The third-order valence-corrected chi connectivity index (χ3v) is 9.32. The predicted molar refractivity (Wildman–Crippen MR) is 139 cm³/mol. The Kier molecular flexibility index (Phi) is 5.42. The van der Waals surface area contributed by atoms with Crippen LogP contribution in [0.5, 0.6) is 0 Å². The molecule has 4 nitrogen and oxygen atoms in total. The summed E-state index contributed by atoms with van der Waals surface area (Å²) in [6.07, 6.45) is 7.31. The lowest BCUT2D eigenvalue weighted by Gasteiger charge is -2.52. The molecule has 0 N–H and O–H groups in total. The van der Waals surface area contributed by atoms with Crippen molar-refractivity contribution in [2.24, 2.45) is 0 Å². The number of hydrogen-bond acceptors (Lipinski definition) is 3. The number of anilines is 2. The maximum Gasteiger partial charge on any atom is 0.266 e. The zero-order chi connectivity index (χ0) is 24.3. The van der Waals surface area contributed by atoms with Gasteiger partial charge in [-0.05, 0) is 54.8 Å². The van der Waals surface area contributed by atoms with Gasteiger partial charge >= 0.3 is 0 Å². The Labute approximate surface area is 207 Å². The number of hydrogen-bond donors (Lipinski definition) is 0. The minimum Gasteiger partial charge on any atom is -0.352 e. The summed E-state index contributed by atoms with van der Waals surface area (Å²) in [5.41, 5.74) is 3.85. The van der Waals surface area contributed by atoms with Gasteiger partial charge in [0.2, 0.25) is 0 Å². The van der Waals surface area contributed by atoms with Crippen molar-refractivity contribution in [1.82, 2.24) is 0 Å². The Morgan fingerprint density at radius 2 is 1.76 bits per heavy atom. The fraction of sp³-hybridized carbons (Fsp3) is 0.286. The van der Waals surface area contributed by atoms with Gasteiger partial charge in [0.25, 0.3) is 10.0 Å². The van der Waals surface area contributed by atoms with E-state index in [2.05, 4.69) is 12.8 Å². The van der Waals surface area contributed by atoms with Crippen LogP contribution in [0.4, 0.5) is 11.4 Å². The Hall–Kier alpha value is -2.94. The molecular weight excluding hydrogens is 464 g/mol. The highest BCUT2D eigenvalue weighted by molar-refractivity contribution is 7.92. The number of para-hydroxylation sites is 1. The summed E-state index contributed by atoms with van der Waals surface area (Å²) < 4.78 is 30.3. The molecule has 0 fully saturated rings. The molecule has 6 heteroatoms. The van der Waals surface area contributed by atoms with E-state index in [0.717, 1.165) is 35.2 Å². The quantitative estimate of drug-likeness (QED) is 0.415. The van der Waals surface area contributed by atoms with Gasteiger partial charge in [0, 0.05) is 17.8 Å². The van der Waals surface area contributed by atoms with E-state index >= 15 is 0 Å². The van der Waals surface area contributed by atoms with Gasteiger partial charge in [-0.25, -0.2) is 12.7 Å². The van der Waals surface area contributed by atoms with Crippen LogP contribution < -0.4 is 9.21 Å². The molecule has 0 aromatic heterocycles. The van der Waals surface area contributed by atoms with E-state index < -0.39 is 21.6 Å². The molecule has 0 saturated carbocycles. The molecule has 0 bridgehead atoms. The molecule has 34 heavy (non-hydrogen) atoms. The van der Waals surface area contributed by atoms with Crippen molar-refractivity contribution in [3.05, 3.63) is 88.4 Å². The van der Waals surface area contributed by atoms with Gasteiger partial charge in [0.1, 0.15) is 6.17 Å². The summed E-state index contributed by atoms with van der Waals surface area (Å²) in [5.74, 6) is 2.78. The van der Waals surface area contributed by atoms with Crippen molar-refractivity contribution < 1.29 is 8.42 Å². The Morgan fingerprint density at radius 1 is 1.06 bits per heavy atom. The Morgan fingerprint density at radius 3 is 2.44 bits per heavy atom. The molecule has 0 spiro atoms. The summed E-state index contributed by atoms with van der Waals surface area (Å²) in [6.45, 7) is 4.06. The number of terminal acetylenes is 1. The zero-order valence-electron chi connectivity index (χ0n) is 19.5. The van der Waals surface area contributed by atoms with Gasteiger partial charge in [-0.2, -0.15) is 0 Å². The van der Waals surface area contributed by atoms with Gasteiger partial charge in [0.15, 0.2) is 0 Å². The minimum atomic E-state index is -3.91. The maximum atomic E-state index is 14.3. The fourth-order valence-corrected chi connectivity index (χ4v) is 7.86. The predicted octanol–water partition coefficient (Wildman–Crippen LogP) is 6.09. The lowest BCUT2D eigenvalue weighted by molar-refractivity contribution is 0.298. The number of rotatable bonds is 4. The summed E-state index contributed by atoms with van der Waals surface area (Å²) in [5, 5.41) is 0.610. The van der Waals surface area contributed by atoms with Crippen LogP contribution in [0.25, 0.3) is 0 Å². The third-order valence-electron chi connectivity index (χ3n) is 7.30. The average molecular weight is 491 g/mol. The number of likely N-dealkylation sites (N-methyl/N-ethyl adjacent to an activating group) is 1. The first-order valence-corrected chi connectivity index (χ1v) is 13.3. The highest BCUT2D eigenvalue weighted by atomic mass is 35.5. The smallest absolute Gasteiger partial charge is 0.266 e. The topological polar surface area (TPSA) is 40.6 Å². The maximum absolute atomic E-state index is 14.3. The molecular formula is C28H27ClN2O2S. The van der Waals surface area contributed by atoms with E-state index in [-0.39, 0.29) is 10.8 Å². The van der Waals surface area contributed by atoms with Crippen molar-refractivity contribution in [3.63, 3.8) is 0 Å². The Balaban J connectivity index is 1.86. The van der Waals surface area contributed by atoms with Gasteiger partial charge in [-0.3, -0.25) is 0 Å². The second-order valence-electron chi connectivity index (χ2n) is 9.21. The second-order valence-corrected chi connectivity index (χ2v) is 11.5. The largest absolute Gasteiger partial charge is 0.352 e. The standard InChI is InChI=1S/C28H27ClN2O2S/c1-5-17-28-23(6-2)22-9-7-8-10-25(22)31(34(32,33)21-14-11-19(3)12-15-21)27(28)30(4)26-18-20(29)13-16-24(26)28/h2,7-16,18,23,27H,5,17H2,1,3-4H3/t23-,27+,28+/m0/s1. The number of aryl methyl sites for hydroxylation is 1. The minimum absolute atomic E-state index is 0.264. The number of fused-ring (bicyclic) bond motifs is 4. The van der Waals surface area contributed by atoms with Gasteiger partial charge in [-0.15, -0.1) is 6.42 Å². The molecule has 3 aromatic rings. The van der Waals surface area contributed by atoms with E-state index in [4.69, 9.17) is 18.0 Å². The highest BCUT2D eigenvalue weighted by Gasteiger charge is 2.61. The zero-order valence-corrected chi connectivity index (χ0v) is 21.1. The summed E-state index contributed by atoms with van der Waals surface area (Å²) >= 11 is 6.41. The molecule has 3 aromatic carbocycles. The van der Waals surface area contributed by atoms with Crippen LogP contribution in [0.15, 0.2) is 71.6 Å². The van der Waals surface area contributed by atoms with Crippen LogP contribution in [0.3, 0.4) is 0 Å². The highest BCUT2D eigenvalue weighted by Crippen LogP contribution is 2.61. The SMILES string of the molecule is C#C[C@H]1c2ccccc2N(S(=O)(=O)c2ccc(C)cc2)[C@H]2N(C)c3cc(Cl)ccc3[C@]21CCC. The van der Waals surface area contributed by atoms with E-state index in [1.807, 2.05) is 73.5 Å². The van der Waals surface area contributed by atoms with Crippen molar-refractivity contribution in [2.45, 2.75) is 49.1 Å². The summed E-state index contributed by atoms with van der Waals surface area (Å²) in [4.78, 5) is 2.31. The monoisotopic (exact) mass is 490 g/mol. The summed E-state index contributed by atoms with van der Waals surface area (Å²) in [6, 6.07) is 20.5. The van der Waals surface area contributed by atoms with E-state index in [9.17, 15) is 8.42 Å². The molecule has 2 heterocycles. The van der Waals surface area contributed by atoms with Crippen molar-refractivity contribution in [1.29, 1.82) is 0 Å². The van der Waals surface area contributed by atoms with Crippen molar-refractivity contribution >= 4 is 33.0 Å². The first-order chi connectivity index (χ1) is 16.3. The van der Waals surface area contributed by atoms with E-state index in [1.165, 1.54) is 0 Å². The second kappa shape index (κ2) is 8.08. The lowest BCUT2D eigenvalue weighted by atomic mass is 9.62. The number of nitrogens with zero attached hydrogens (tertiary/aromatic N) is 2. The van der Waals surface area contributed by atoms with E-state index in [0.29, 0.717) is 10.7 Å². The van der Waals surface area contributed by atoms with Gasteiger partial charge in [-0.1, -0.05) is 72.8 Å². The molecule has 2 aliphatic heterocycles. The average Bonchev–Trinajstić information content (AvgIpc) is 3.05. The van der Waals surface area contributed by atoms with E-state index in [1.54, 1.807) is 16.4 Å². The number of benzene rings is 3. The van der Waals surface area contributed by atoms with Crippen LogP contribution in [0.2, 0.25) is 5.02 Å². The third kappa shape index (κ3) is 3.02. The van der Waals surface area contributed by atoms with Crippen LogP contribution in [0, 0.1) is 19.3 Å². The number of halogens is 1. The Bertz CT molecular complexity index is 1410. The molecule has 0 amide bonds. The molecule has 0 radical (unpaired) electrons. The van der Waals surface area contributed by atoms with Crippen LogP contribution in [0.1, 0.15) is 42.4 Å². The first kappa shape index (κ1) is 22.8. The first-order valence-electron chi connectivity index (χ1n) is 11.5. The summed E-state index contributed by atoms with van der Waals surface area (Å²) in [7, 11) is -1.96. The van der Waals surface area contributed by atoms with Crippen LogP contribution in [-0.2, 0) is 15.4 Å². The lowest BCUT2D eigenvalue weighted by Crippen LogP contribution is -2.62. The molecule has 0 saturated heterocycles. The van der Waals surface area contributed by atoms with Gasteiger partial charge in [0.05, 0.1) is 21.9 Å².